The van der Waals surface area contributed by atoms with E-state index >= 15 is 0 Å². The normalized spacial score (nSPS) is 17.3. The van der Waals surface area contributed by atoms with Gasteiger partial charge in [0.2, 0.25) is 5.95 Å². The number of nitrogens with zero attached hydrogens (tertiary/aromatic N) is 5. The van der Waals surface area contributed by atoms with Crippen LogP contribution < -0.4 is 15.0 Å². The Morgan fingerprint density at radius 1 is 1.18 bits per heavy atom. The van der Waals surface area contributed by atoms with Crippen molar-refractivity contribution in [1.82, 2.24) is 14.9 Å². The van der Waals surface area contributed by atoms with Crippen LogP contribution in [-0.4, -0.2) is 54.4 Å². The molecule has 1 saturated heterocycles. The van der Waals surface area contributed by atoms with Gasteiger partial charge in [0.25, 0.3) is 0 Å². The molecule has 2 aliphatic heterocycles. The predicted molar refractivity (Wildman–Crippen MR) is 133 cm³/mol. The Balaban J connectivity index is 1.25. The number of ether oxygens (including phenoxy) is 1. The van der Waals surface area contributed by atoms with Crippen molar-refractivity contribution in [3.05, 3.63) is 71.4 Å². The summed E-state index contributed by atoms with van der Waals surface area (Å²) >= 11 is 0. The first-order valence-electron chi connectivity index (χ1n) is 11.5. The molecule has 7 nitrogen and oxygen atoms in total. The molecule has 0 spiro atoms. The van der Waals surface area contributed by atoms with Crippen LogP contribution in [-0.2, 0) is 13.1 Å². The molecule has 170 valence electrons. The number of hydrogen-bond acceptors (Lipinski definition) is 7. The average molecular weight is 443 g/mol. The van der Waals surface area contributed by atoms with Crippen LogP contribution in [0.3, 0.4) is 0 Å². The Bertz CT molecular complexity index is 1150. The standard InChI is InChI=1S/C26H30N6O/c1-31(17-19-5-3-7-24(13-19)33-2)23-6-4-12-32(18-23)26-28-11-10-25(30-26)29-22-9-8-20-15-27-16-21(20)14-22/h3,5,7-11,13-14,16,23H,4,6,12,15,17-18H2,1-2H3,(H,28,29,30). The highest BCUT2D eigenvalue weighted by molar-refractivity contribution is 5.86. The SMILES string of the molecule is COc1cccc(CN(C)C2CCCN(c3nccc(Nc4ccc5c(c4)C=NC5)n3)C2)c1. The van der Waals surface area contributed by atoms with Crippen molar-refractivity contribution in [1.29, 1.82) is 0 Å². The van der Waals surface area contributed by atoms with Gasteiger partial charge in [-0.3, -0.25) is 9.89 Å². The van der Waals surface area contributed by atoms with Crippen molar-refractivity contribution in [3.63, 3.8) is 0 Å². The lowest BCUT2D eigenvalue weighted by molar-refractivity contribution is 0.207. The molecular weight excluding hydrogens is 412 g/mol. The molecule has 1 unspecified atom stereocenters. The van der Waals surface area contributed by atoms with Gasteiger partial charge in [0.05, 0.1) is 13.7 Å². The van der Waals surface area contributed by atoms with Crippen molar-refractivity contribution in [2.75, 3.05) is 37.5 Å². The van der Waals surface area contributed by atoms with Crippen LogP contribution in [0.1, 0.15) is 29.5 Å². The molecule has 33 heavy (non-hydrogen) atoms. The van der Waals surface area contributed by atoms with Gasteiger partial charge in [0.15, 0.2) is 0 Å². The number of aliphatic imine (C=N–C) groups is 1. The van der Waals surface area contributed by atoms with Gasteiger partial charge in [0, 0.05) is 43.8 Å². The van der Waals surface area contributed by atoms with Gasteiger partial charge in [-0.25, -0.2) is 4.98 Å². The van der Waals surface area contributed by atoms with Gasteiger partial charge in [-0.1, -0.05) is 18.2 Å². The van der Waals surface area contributed by atoms with E-state index in [-0.39, 0.29) is 0 Å². The molecule has 5 rings (SSSR count). The molecule has 3 heterocycles. The number of benzene rings is 2. The molecule has 0 saturated carbocycles. The number of hydrogen-bond donors (Lipinski definition) is 1. The molecular formula is C26H30N6O. The van der Waals surface area contributed by atoms with E-state index in [1.807, 2.05) is 24.5 Å². The lowest BCUT2D eigenvalue weighted by atomic mass is 10.0. The van der Waals surface area contributed by atoms with Crippen molar-refractivity contribution in [3.8, 4) is 5.75 Å². The molecule has 1 atom stereocenters. The second-order valence-corrected chi connectivity index (χ2v) is 8.76. The maximum Gasteiger partial charge on any atom is 0.227 e. The quantitative estimate of drug-likeness (QED) is 0.590. The Hall–Kier alpha value is -3.45. The number of nitrogens with one attached hydrogen (secondary N) is 1. The summed E-state index contributed by atoms with van der Waals surface area (Å²) in [6, 6.07) is 17.0. The molecule has 1 fully saturated rings. The molecule has 0 aliphatic carbocycles. The lowest BCUT2D eigenvalue weighted by Gasteiger charge is -2.37. The van der Waals surface area contributed by atoms with E-state index in [1.165, 1.54) is 23.1 Å². The number of methoxy groups -OCH3 is 1. The number of aromatic nitrogens is 2. The first-order chi connectivity index (χ1) is 16.2. The van der Waals surface area contributed by atoms with E-state index in [1.54, 1.807) is 7.11 Å². The Morgan fingerprint density at radius 3 is 3.03 bits per heavy atom. The molecule has 0 radical (unpaired) electrons. The van der Waals surface area contributed by atoms with Crippen molar-refractivity contribution in [2.45, 2.75) is 32.0 Å². The highest BCUT2D eigenvalue weighted by atomic mass is 16.5. The van der Waals surface area contributed by atoms with E-state index < -0.39 is 0 Å². The number of anilines is 3. The molecule has 2 aliphatic rings. The molecule has 2 aromatic carbocycles. The highest BCUT2D eigenvalue weighted by Crippen LogP contribution is 2.25. The van der Waals surface area contributed by atoms with Gasteiger partial charge in [0.1, 0.15) is 11.6 Å². The largest absolute Gasteiger partial charge is 0.497 e. The smallest absolute Gasteiger partial charge is 0.227 e. The molecule has 1 N–H and O–H groups in total. The minimum absolute atomic E-state index is 0.446. The maximum atomic E-state index is 5.38. The highest BCUT2D eigenvalue weighted by Gasteiger charge is 2.25. The number of rotatable bonds is 7. The number of likely N-dealkylation sites (N-methyl/N-ethyl adjacent to an activating group) is 1. The van der Waals surface area contributed by atoms with Gasteiger partial charge >= 0.3 is 0 Å². The Kier molecular flexibility index (Phi) is 6.21. The van der Waals surface area contributed by atoms with Crippen molar-refractivity contribution < 1.29 is 4.74 Å². The van der Waals surface area contributed by atoms with Crippen LogP contribution in [0.15, 0.2) is 59.7 Å². The first-order valence-corrected chi connectivity index (χ1v) is 11.5. The molecule has 0 amide bonds. The fourth-order valence-corrected chi connectivity index (χ4v) is 4.58. The second kappa shape index (κ2) is 9.58. The summed E-state index contributed by atoms with van der Waals surface area (Å²) in [6.45, 7) is 3.55. The van der Waals surface area contributed by atoms with Gasteiger partial charge < -0.3 is 15.0 Å². The third-order valence-electron chi connectivity index (χ3n) is 6.42. The maximum absolute atomic E-state index is 5.38. The molecule has 3 aromatic rings. The van der Waals surface area contributed by atoms with E-state index in [4.69, 9.17) is 9.72 Å². The Labute approximate surface area is 195 Å². The van der Waals surface area contributed by atoms with Crippen LogP contribution in [0.25, 0.3) is 0 Å². The Morgan fingerprint density at radius 2 is 2.12 bits per heavy atom. The van der Waals surface area contributed by atoms with E-state index in [2.05, 4.69) is 68.5 Å². The minimum Gasteiger partial charge on any atom is -0.497 e. The minimum atomic E-state index is 0.446. The van der Waals surface area contributed by atoms with Crippen molar-refractivity contribution in [2.24, 2.45) is 4.99 Å². The predicted octanol–water partition coefficient (Wildman–Crippen LogP) is 4.26. The number of piperidine rings is 1. The lowest BCUT2D eigenvalue weighted by Crippen LogP contribution is -2.46. The second-order valence-electron chi connectivity index (χ2n) is 8.76. The summed E-state index contributed by atoms with van der Waals surface area (Å²) in [5, 5.41) is 3.43. The van der Waals surface area contributed by atoms with Gasteiger partial charge in [-0.2, -0.15) is 4.98 Å². The van der Waals surface area contributed by atoms with Crippen LogP contribution in [0.5, 0.6) is 5.75 Å². The summed E-state index contributed by atoms with van der Waals surface area (Å²) in [7, 11) is 3.91. The van der Waals surface area contributed by atoms with Crippen LogP contribution in [0, 0.1) is 0 Å². The van der Waals surface area contributed by atoms with Gasteiger partial charge in [-0.15, -0.1) is 0 Å². The average Bonchev–Trinajstić information content (AvgIpc) is 3.32. The summed E-state index contributed by atoms with van der Waals surface area (Å²) in [5.41, 5.74) is 4.71. The van der Waals surface area contributed by atoms with E-state index in [0.717, 1.165) is 55.8 Å². The van der Waals surface area contributed by atoms with Crippen molar-refractivity contribution >= 4 is 23.7 Å². The van der Waals surface area contributed by atoms with E-state index in [9.17, 15) is 0 Å². The number of fused-ring (bicyclic) bond motifs is 1. The first kappa shape index (κ1) is 21.4. The zero-order chi connectivity index (χ0) is 22.6. The van der Waals surface area contributed by atoms with E-state index in [0.29, 0.717) is 6.04 Å². The topological polar surface area (TPSA) is 65.9 Å². The van der Waals surface area contributed by atoms with Crippen LogP contribution >= 0.6 is 0 Å². The third kappa shape index (κ3) is 4.98. The zero-order valence-electron chi connectivity index (χ0n) is 19.2. The molecule has 7 heteroatoms. The third-order valence-corrected chi connectivity index (χ3v) is 6.42. The van der Waals surface area contributed by atoms with Gasteiger partial charge in [-0.05, 0) is 66.9 Å². The molecule has 1 aromatic heterocycles. The summed E-state index contributed by atoms with van der Waals surface area (Å²) in [6.07, 6.45) is 6.06. The van der Waals surface area contributed by atoms with Crippen LogP contribution in [0.2, 0.25) is 0 Å². The monoisotopic (exact) mass is 442 g/mol. The molecule has 0 bridgehead atoms. The zero-order valence-corrected chi connectivity index (χ0v) is 19.2. The summed E-state index contributed by atoms with van der Waals surface area (Å²) in [4.78, 5) is 18.5. The summed E-state index contributed by atoms with van der Waals surface area (Å²) < 4.78 is 5.38. The fraction of sp³-hybridized carbons (Fsp3) is 0.346. The summed E-state index contributed by atoms with van der Waals surface area (Å²) in [5.74, 6) is 2.49. The fourth-order valence-electron chi connectivity index (χ4n) is 4.58. The van der Waals surface area contributed by atoms with Crippen LogP contribution in [0.4, 0.5) is 17.5 Å².